The minimum atomic E-state index is -5.03. The number of hydrogen-bond donors (Lipinski definition) is 1. The Morgan fingerprint density at radius 1 is 0.826 bits per heavy atom. The average Bonchev–Trinajstić information content (AvgIpc) is 2.44. The van der Waals surface area contributed by atoms with E-state index in [9.17, 15) is 31.4 Å². The summed E-state index contributed by atoms with van der Waals surface area (Å²) in [6.45, 7) is 0. The second kappa shape index (κ2) is 6.16. The van der Waals surface area contributed by atoms with E-state index >= 15 is 0 Å². The van der Waals surface area contributed by atoms with Crippen LogP contribution in [-0.4, -0.2) is 5.11 Å². The molecule has 0 amide bonds. The molecule has 1 atom stereocenters. The molecule has 0 aliphatic rings. The van der Waals surface area contributed by atoms with Crippen LogP contribution in [0.3, 0.4) is 0 Å². The lowest BCUT2D eigenvalue weighted by Gasteiger charge is -2.20. The number of halogens is 7. The highest BCUT2D eigenvalue weighted by Crippen LogP contribution is 2.41. The predicted molar refractivity (Wildman–Crippen MR) is 74.6 cm³/mol. The monoisotopic (exact) mass is 398 g/mol. The normalized spacial score (nSPS) is 13.9. The summed E-state index contributed by atoms with van der Waals surface area (Å²) in [5.41, 5.74) is -3.46. The van der Waals surface area contributed by atoms with Gasteiger partial charge in [-0.05, 0) is 29.3 Å². The smallest absolute Gasteiger partial charge is 0.384 e. The van der Waals surface area contributed by atoms with Crippen molar-refractivity contribution in [2.75, 3.05) is 0 Å². The molecule has 1 nitrogen and oxygen atoms in total. The highest BCUT2D eigenvalue weighted by atomic mass is 79.9. The van der Waals surface area contributed by atoms with Gasteiger partial charge in [-0.3, -0.25) is 0 Å². The van der Waals surface area contributed by atoms with Crippen molar-refractivity contribution in [1.82, 2.24) is 0 Å². The zero-order valence-electron chi connectivity index (χ0n) is 11.2. The fourth-order valence-corrected chi connectivity index (χ4v) is 2.58. The zero-order chi connectivity index (χ0) is 17.4. The molecule has 8 heteroatoms. The fourth-order valence-electron chi connectivity index (χ4n) is 2.08. The molecular formula is C15H9BrF6O. The molecule has 0 fully saturated rings. The summed E-state index contributed by atoms with van der Waals surface area (Å²) < 4.78 is 77.6. The van der Waals surface area contributed by atoms with E-state index in [1.165, 1.54) is 18.2 Å². The van der Waals surface area contributed by atoms with Gasteiger partial charge in [-0.1, -0.05) is 40.2 Å². The maximum Gasteiger partial charge on any atom is 0.416 e. The summed E-state index contributed by atoms with van der Waals surface area (Å²) in [6, 6.07) is 7.16. The van der Waals surface area contributed by atoms with Crippen LogP contribution in [-0.2, 0) is 12.4 Å². The first kappa shape index (κ1) is 17.8. The molecule has 0 heterocycles. The van der Waals surface area contributed by atoms with Gasteiger partial charge in [-0.15, -0.1) is 0 Å². The van der Waals surface area contributed by atoms with Crippen molar-refractivity contribution in [3.63, 3.8) is 0 Å². The van der Waals surface area contributed by atoms with E-state index in [-0.39, 0.29) is 11.6 Å². The number of hydrogen-bond acceptors (Lipinski definition) is 1. The second-order valence-corrected chi connectivity index (χ2v) is 5.58. The van der Waals surface area contributed by atoms with Crippen LogP contribution in [0.2, 0.25) is 0 Å². The molecular weight excluding hydrogens is 390 g/mol. The highest BCUT2D eigenvalue weighted by molar-refractivity contribution is 9.10. The number of aliphatic hydroxyl groups excluding tert-OH is 1. The largest absolute Gasteiger partial charge is 0.416 e. The lowest BCUT2D eigenvalue weighted by molar-refractivity contribution is -0.143. The quantitative estimate of drug-likeness (QED) is 0.655. The van der Waals surface area contributed by atoms with E-state index in [0.29, 0.717) is 16.6 Å². The molecule has 0 aliphatic carbocycles. The summed E-state index contributed by atoms with van der Waals surface area (Å²) >= 11 is 3.09. The third-order valence-electron chi connectivity index (χ3n) is 3.18. The molecule has 2 aromatic carbocycles. The summed E-state index contributed by atoms with van der Waals surface area (Å²) in [4.78, 5) is 0. The van der Waals surface area contributed by atoms with E-state index in [1.807, 2.05) is 0 Å². The van der Waals surface area contributed by atoms with Crippen LogP contribution in [0.25, 0.3) is 0 Å². The molecule has 2 rings (SSSR count). The number of aliphatic hydroxyl groups is 1. The van der Waals surface area contributed by atoms with E-state index < -0.39 is 35.1 Å². The zero-order valence-corrected chi connectivity index (χ0v) is 12.8. The third kappa shape index (κ3) is 3.87. The fraction of sp³-hybridized carbons (Fsp3) is 0.200. The minimum Gasteiger partial charge on any atom is -0.384 e. The third-order valence-corrected chi connectivity index (χ3v) is 3.90. The van der Waals surface area contributed by atoms with Crippen LogP contribution in [0.5, 0.6) is 0 Å². The van der Waals surface area contributed by atoms with Gasteiger partial charge >= 0.3 is 12.4 Å². The molecule has 0 bridgehead atoms. The van der Waals surface area contributed by atoms with Crippen molar-refractivity contribution in [2.45, 2.75) is 18.5 Å². The van der Waals surface area contributed by atoms with Gasteiger partial charge in [0.1, 0.15) is 6.10 Å². The highest BCUT2D eigenvalue weighted by Gasteiger charge is 2.39. The van der Waals surface area contributed by atoms with Crippen LogP contribution in [0.15, 0.2) is 46.9 Å². The molecule has 1 unspecified atom stereocenters. The molecule has 0 saturated heterocycles. The van der Waals surface area contributed by atoms with Crippen molar-refractivity contribution in [3.05, 3.63) is 69.2 Å². The van der Waals surface area contributed by atoms with Crippen molar-refractivity contribution < 1.29 is 31.4 Å². The van der Waals surface area contributed by atoms with Crippen molar-refractivity contribution in [1.29, 1.82) is 0 Å². The Kier molecular flexibility index (Phi) is 4.77. The Balaban J connectivity index is 2.61. The molecule has 0 aliphatic heterocycles. The van der Waals surface area contributed by atoms with Crippen molar-refractivity contribution in [2.24, 2.45) is 0 Å². The van der Waals surface area contributed by atoms with Gasteiger partial charge in [-0.25, -0.2) is 0 Å². The summed E-state index contributed by atoms with van der Waals surface area (Å²) in [7, 11) is 0. The average molecular weight is 399 g/mol. The van der Waals surface area contributed by atoms with E-state index in [2.05, 4.69) is 15.9 Å². The Morgan fingerprint density at radius 2 is 1.43 bits per heavy atom. The predicted octanol–water partition coefficient (Wildman–Crippen LogP) is 5.57. The first-order chi connectivity index (χ1) is 10.5. The SMILES string of the molecule is OC(c1ccccc1Br)c1ccc(C(F)(F)F)cc1C(F)(F)F. The molecule has 0 aromatic heterocycles. The number of benzene rings is 2. The maximum absolute atomic E-state index is 13.1. The number of rotatable bonds is 2. The van der Waals surface area contributed by atoms with Crippen LogP contribution < -0.4 is 0 Å². The Morgan fingerprint density at radius 3 is 1.96 bits per heavy atom. The molecule has 0 spiro atoms. The van der Waals surface area contributed by atoms with Gasteiger partial charge in [0.25, 0.3) is 0 Å². The molecule has 23 heavy (non-hydrogen) atoms. The molecule has 2 aromatic rings. The minimum absolute atomic E-state index is 0.00932. The maximum atomic E-state index is 13.1. The van der Waals surface area contributed by atoms with Gasteiger partial charge in [0.15, 0.2) is 0 Å². The Hall–Kier alpha value is -1.54. The first-order valence-corrected chi connectivity index (χ1v) is 7.02. The topological polar surface area (TPSA) is 20.2 Å². The first-order valence-electron chi connectivity index (χ1n) is 6.22. The second-order valence-electron chi connectivity index (χ2n) is 4.72. The molecule has 0 saturated carbocycles. The lowest BCUT2D eigenvalue weighted by atomic mass is 9.94. The van der Waals surface area contributed by atoms with Crippen LogP contribution in [0.4, 0.5) is 26.3 Å². The van der Waals surface area contributed by atoms with Gasteiger partial charge in [-0.2, -0.15) is 26.3 Å². The Bertz CT molecular complexity index is 708. The van der Waals surface area contributed by atoms with Crippen molar-refractivity contribution >= 4 is 15.9 Å². The van der Waals surface area contributed by atoms with E-state index in [1.54, 1.807) is 6.07 Å². The summed E-state index contributed by atoms with van der Waals surface area (Å²) in [5.74, 6) is 0. The van der Waals surface area contributed by atoms with Crippen molar-refractivity contribution in [3.8, 4) is 0 Å². The van der Waals surface area contributed by atoms with Gasteiger partial charge in [0.2, 0.25) is 0 Å². The van der Waals surface area contributed by atoms with Gasteiger partial charge < -0.3 is 5.11 Å². The summed E-state index contributed by atoms with van der Waals surface area (Å²) in [6.07, 6.45) is -11.7. The van der Waals surface area contributed by atoms with Crippen LogP contribution >= 0.6 is 15.9 Å². The van der Waals surface area contributed by atoms with Gasteiger partial charge in [0.05, 0.1) is 11.1 Å². The Labute approximate surface area is 135 Å². The summed E-state index contributed by atoms with van der Waals surface area (Å²) in [5, 5.41) is 10.2. The lowest BCUT2D eigenvalue weighted by Crippen LogP contribution is -2.16. The molecule has 0 radical (unpaired) electrons. The standard InChI is InChI=1S/C15H9BrF6O/c16-12-4-2-1-3-10(12)13(23)9-6-5-8(14(17,18)19)7-11(9)15(20,21)22/h1-7,13,23H. The van der Waals surface area contributed by atoms with Gasteiger partial charge in [0, 0.05) is 4.47 Å². The van der Waals surface area contributed by atoms with Crippen LogP contribution in [0, 0.1) is 0 Å². The molecule has 124 valence electrons. The van der Waals surface area contributed by atoms with E-state index in [0.717, 1.165) is 0 Å². The van der Waals surface area contributed by atoms with E-state index in [4.69, 9.17) is 0 Å². The molecule has 1 N–H and O–H groups in total. The number of alkyl halides is 6. The van der Waals surface area contributed by atoms with Crippen LogP contribution in [0.1, 0.15) is 28.4 Å².